The first kappa shape index (κ1) is 25.9. The van der Waals surface area contributed by atoms with E-state index in [1.54, 1.807) is 6.20 Å². The molecule has 0 spiro atoms. The monoisotopic (exact) mass is 517 g/mol. The Morgan fingerprint density at radius 2 is 1.86 bits per heavy atom. The summed E-state index contributed by atoms with van der Waals surface area (Å²) in [5, 5.41) is 5.89. The molecule has 2 aromatic heterocycles. The Morgan fingerprint density at radius 3 is 2.67 bits per heavy atom. The molecule has 0 radical (unpaired) electrons. The van der Waals surface area contributed by atoms with Crippen LogP contribution in [0.2, 0.25) is 0 Å². The summed E-state index contributed by atoms with van der Waals surface area (Å²) in [6, 6.07) is 23.6. The third-order valence-electron chi connectivity index (χ3n) is 5.62. The van der Waals surface area contributed by atoms with E-state index in [0.29, 0.717) is 10.8 Å². The number of nitrogens with one attached hydrogen (secondary N) is 2. The molecule has 2 N–H and O–H groups in total. The summed E-state index contributed by atoms with van der Waals surface area (Å²) in [7, 11) is 4.21. The van der Waals surface area contributed by atoms with Crippen molar-refractivity contribution in [2.75, 3.05) is 26.0 Å². The van der Waals surface area contributed by atoms with Crippen molar-refractivity contribution in [3.05, 3.63) is 95.0 Å². The third-order valence-corrected chi connectivity index (χ3v) is 7.16. The zero-order chi connectivity index (χ0) is 25.3. The molecular formula is C28H31N5OS2. The maximum Gasteiger partial charge on any atom is 0.262 e. The number of anilines is 2. The first-order chi connectivity index (χ1) is 17.5. The van der Waals surface area contributed by atoms with Crippen LogP contribution in [0.1, 0.15) is 39.0 Å². The molecule has 0 fully saturated rings. The number of amides is 1. The van der Waals surface area contributed by atoms with Crippen LogP contribution in [-0.2, 0) is 6.42 Å². The summed E-state index contributed by atoms with van der Waals surface area (Å²) < 4.78 is 0. The standard InChI is InChI=1S/C28H31N5OS2/c1-33(2)18-7-6-9-20-10-8-13-22(19-20)30-28-29-17-16-23(31-28)24-14-15-25(36-24)26(34)32-27(35)21-11-4-3-5-12-21/h3-5,8,10-17,19,27,35H,6-7,9,18H2,1-2H3,(H,32,34)(H,29,30,31)/t27-/m1/s1. The molecule has 36 heavy (non-hydrogen) atoms. The normalized spacial score (nSPS) is 11.9. The van der Waals surface area contributed by atoms with Gasteiger partial charge in [-0.15, -0.1) is 24.0 Å². The highest BCUT2D eigenvalue weighted by molar-refractivity contribution is 7.80. The Labute approximate surface area is 222 Å². The van der Waals surface area contributed by atoms with E-state index in [9.17, 15) is 4.79 Å². The van der Waals surface area contributed by atoms with E-state index < -0.39 is 0 Å². The number of unbranched alkanes of at least 4 members (excludes halogenated alkanes) is 1. The summed E-state index contributed by atoms with van der Waals surface area (Å²) in [5.74, 6) is 0.362. The Hall–Kier alpha value is -3.20. The molecule has 186 valence electrons. The van der Waals surface area contributed by atoms with E-state index in [1.165, 1.54) is 23.3 Å². The first-order valence-electron chi connectivity index (χ1n) is 12.0. The topological polar surface area (TPSA) is 70.2 Å². The number of benzene rings is 2. The van der Waals surface area contributed by atoms with Gasteiger partial charge in [0, 0.05) is 11.9 Å². The van der Waals surface area contributed by atoms with Gasteiger partial charge in [0.15, 0.2) is 0 Å². The van der Waals surface area contributed by atoms with Crippen molar-refractivity contribution in [3.63, 3.8) is 0 Å². The van der Waals surface area contributed by atoms with Crippen molar-refractivity contribution in [1.29, 1.82) is 0 Å². The molecule has 0 aliphatic heterocycles. The summed E-state index contributed by atoms with van der Waals surface area (Å²) in [6.45, 7) is 1.10. The number of rotatable bonds is 11. The van der Waals surface area contributed by atoms with Gasteiger partial charge in [0.25, 0.3) is 5.91 Å². The van der Waals surface area contributed by atoms with Crippen LogP contribution < -0.4 is 10.6 Å². The van der Waals surface area contributed by atoms with Crippen molar-refractivity contribution in [2.45, 2.75) is 24.6 Å². The minimum Gasteiger partial charge on any atom is -0.336 e. The fourth-order valence-electron chi connectivity index (χ4n) is 3.76. The highest BCUT2D eigenvalue weighted by atomic mass is 32.1. The molecule has 1 atom stereocenters. The second-order valence-corrected chi connectivity index (χ2v) is 10.4. The smallest absolute Gasteiger partial charge is 0.262 e. The highest BCUT2D eigenvalue weighted by Gasteiger charge is 2.15. The van der Waals surface area contributed by atoms with Gasteiger partial charge in [-0.25, -0.2) is 9.97 Å². The fraction of sp³-hybridized carbons (Fsp3) is 0.250. The Balaban J connectivity index is 1.38. The van der Waals surface area contributed by atoms with Crippen LogP contribution in [0.15, 0.2) is 79.0 Å². The SMILES string of the molecule is CN(C)CCCCc1cccc(Nc2nccc(-c3ccc(C(=O)N[C@H](S)c4ccccc4)s3)n2)c1. The summed E-state index contributed by atoms with van der Waals surface area (Å²) >= 11 is 5.92. The number of nitrogens with zero attached hydrogens (tertiary/aromatic N) is 3. The van der Waals surface area contributed by atoms with Gasteiger partial charge in [-0.2, -0.15) is 0 Å². The fourth-order valence-corrected chi connectivity index (χ4v) is 4.93. The number of aryl methyl sites for hydroxylation is 1. The van der Waals surface area contributed by atoms with Crippen LogP contribution in [0, 0.1) is 0 Å². The number of thiophene rings is 1. The number of carbonyl (C=O) groups excluding carboxylic acids is 1. The molecule has 1 amide bonds. The first-order valence-corrected chi connectivity index (χ1v) is 13.3. The lowest BCUT2D eigenvalue weighted by molar-refractivity contribution is 0.0954. The second kappa shape index (κ2) is 12.7. The predicted octanol–water partition coefficient (Wildman–Crippen LogP) is 6.19. The van der Waals surface area contributed by atoms with E-state index in [2.05, 4.69) is 70.4 Å². The van der Waals surface area contributed by atoms with Gasteiger partial charge < -0.3 is 15.5 Å². The molecule has 0 bridgehead atoms. The molecule has 0 saturated carbocycles. The molecule has 0 aliphatic carbocycles. The molecule has 4 rings (SSSR count). The maximum atomic E-state index is 12.7. The zero-order valence-corrected chi connectivity index (χ0v) is 22.2. The minimum atomic E-state index is -0.372. The van der Waals surface area contributed by atoms with E-state index >= 15 is 0 Å². The van der Waals surface area contributed by atoms with Gasteiger partial charge in [0.05, 0.1) is 20.8 Å². The number of hydrogen-bond donors (Lipinski definition) is 3. The quantitative estimate of drug-likeness (QED) is 0.126. The van der Waals surface area contributed by atoms with E-state index in [1.807, 2.05) is 54.6 Å². The van der Waals surface area contributed by atoms with Crippen LogP contribution in [0.4, 0.5) is 11.6 Å². The summed E-state index contributed by atoms with van der Waals surface area (Å²) in [4.78, 5) is 25.5. The van der Waals surface area contributed by atoms with Crippen molar-refractivity contribution >= 4 is 41.5 Å². The largest absolute Gasteiger partial charge is 0.336 e. The van der Waals surface area contributed by atoms with Crippen molar-refractivity contribution in [2.24, 2.45) is 0 Å². The lowest BCUT2D eigenvalue weighted by Gasteiger charge is -2.12. The Morgan fingerprint density at radius 1 is 1.03 bits per heavy atom. The Bertz CT molecular complexity index is 1280. The van der Waals surface area contributed by atoms with Gasteiger partial charge in [0.2, 0.25) is 5.95 Å². The van der Waals surface area contributed by atoms with Gasteiger partial charge in [-0.3, -0.25) is 4.79 Å². The van der Waals surface area contributed by atoms with Crippen molar-refractivity contribution < 1.29 is 4.79 Å². The summed E-state index contributed by atoms with van der Waals surface area (Å²) in [5.41, 5.74) is 3.96. The molecule has 2 heterocycles. The predicted molar refractivity (Wildman–Crippen MR) is 152 cm³/mol. The average Bonchev–Trinajstić information content (AvgIpc) is 3.38. The van der Waals surface area contributed by atoms with E-state index in [4.69, 9.17) is 0 Å². The maximum absolute atomic E-state index is 12.7. The Kier molecular flexibility index (Phi) is 9.11. The zero-order valence-electron chi connectivity index (χ0n) is 20.5. The number of thiol groups is 1. The van der Waals surface area contributed by atoms with Crippen LogP contribution in [0.25, 0.3) is 10.6 Å². The van der Waals surface area contributed by atoms with Crippen molar-refractivity contribution in [3.8, 4) is 10.6 Å². The van der Waals surface area contributed by atoms with Crippen LogP contribution in [-0.4, -0.2) is 41.4 Å². The van der Waals surface area contributed by atoms with Gasteiger partial charge in [-0.1, -0.05) is 42.5 Å². The number of aromatic nitrogens is 2. The lowest BCUT2D eigenvalue weighted by Crippen LogP contribution is -2.24. The second-order valence-electron chi connectivity index (χ2n) is 8.80. The van der Waals surface area contributed by atoms with Gasteiger partial charge in [0.1, 0.15) is 0 Å². The minimum absolute atomic E-state index is 0.162. The number of carbonyl (C=O) groups is 1. The van der Waals surface area contributed by atoms with Crippen LogP contribution >= 0.6 is 24.0 Å². The average molecular weight is 518 g/mol. The lowest BCUT2D eigenvalue weighted by atomic mass is 10.1. The molecular weight excluding hydrogens is 486 g/mol. The van der Waals surface area contributed by atoms with E-state index in [-0.39, 0.29) is 11.3 Å². The summed E-state index contributed by atoms with van der Waals surface area (Å²) in [6.07, 6.45) is 5.11. The highest BCUT2D eigenvalue weighted by Crippen LogP contribution is 2.28. The van der Waals surface area contributed by atoms with E-state index in [0.717, 1.165) is 41.2 Å². The molecule has 0 unspecified atom stereocenters. The molecule has 8 heteroatoms. The molecule has 2 aromatic carbocycles. The van der Waals surface area contributed by atoms with Gasteiger partial charge >= 0.3 is 0 Å². The van der Waals surface area contributed by atoms with Crippen LogP contribution in [0.3, 0.4) is 0 Å². The number of hydrogen-bond acceptors (Lipinski definition) is 7. The molecule has 0 aliphatic rings. The third kappa shape index (κ3) is 7.40. The molecule has 0 saturated heterocycles. The van der Waals surface area contributed by atoms with Gasteiger partial charge in [-0.05, 0) is 81.4 Å². The van der Waals surface area contributed by atoms with Crippen LogP contribution in [0.5, 0.6) is 0 Å². The van der Waals surface area contributed by atoms with Crippen molar-refractivity contribution in [1.82, 2.24) is 20.2 Å². The molecule has 6 nitrogen and oxygen atoms in total. The molecule has 4 aromatic rings.